The zero-order valence-electron chi connectivity index (χ0n) is 23.6. The van der Waals surface area contributed by atoms with Crippen LogP contribution in [0.5, 0.6) is 11.5 Å². The van der Waals surface area contributed by atoms with Gasteiger partial charge in [0.05, 0.1) is 24.8 Å². The lowest BCUT2D eigenvalue weighted by Crippen LogP contribution is -2.51. The van der Waals surface area contributed by atoms with Gasteiger partial charge in [-0.05, 0) is 50.1 Å². The van der Waals surface area contributed by atoms with Crippen LogP contribution in [-0.2, 0) is 26.2 Å². The van der Waals surface area contributed by atoms with E-state index in [1.807, 2.05) is 38.1 Å². The summed E-state index contributed by atoms with van der Waals surface area (Å²) >= 11 is 0. The zero-order chi connectivity index (χ0) is 29.3. The minimum Gasteiger partial charge on any atom is -0.493 e. The van der Waals surface area contributed by atoms with Crippen LogP contribution in [0.15, 0.2) is 77.7 Å². The minimum absolute atomic E-state index is 0.0245. The predicted molar refractivity (Wildman–Crippen MR) is 155 cm³/mol. The molecule has 0 aliphatic heterocycles. The molecule has 0 aromatic heterocycles. The Kier molecular flexibility index (Phi) is 10.6. The molecule has 2 amide bonds. The van der Waals surface area contributed by atoms with Crippen molar-refractivity contribution in [2.75, 3.05) is 31.6 Å². The van der Waals surface area contributed by atoms with E-state index in [4.69, 9.17) is 9.47 Å². The van der Waals surface area contributed by atoms with E-state index in [-0.39, 0.29) is 23.0 Å². The number of methoxy groups -OCH3 is 2. The first-order valence-electron chi connectivity index (χ1n) is 13.0. The Morgan fingerprint density at radius 2 is 1.57 bits per heavy atom. The summed E-state index contributed by atoms with van der Waals surface area (Å²) in [6, 6.07) is 19.3. The average Bonchev–Trinajstić information content (AvgIpc) is 2.97. The maximum absolute atomic E-state index is 14.0. The Morgan fingerprint density at radius 1 is 0.925 bits per heavy atom. The minimum atomic E-state index is -4.18. The van der Waals surface area contributed by atoms with Crippen molar-refractivity contribution in [3.63, 3.8) is 0 Å². The highest BCUT2D eigenvalue weighted by Gasteiger charge is 2.32. The van der Waals surface area contributed by atoms with Gasteiger partial charge in [-0.25, -0.2) is 8.42 Å². The number of rotatable bonds is 13. The lowest BCUT2D eigenvalue weighted by atomic mass is 10.1. The van der Waals surface area contributed by atoms with E-state index >= 15 is 0 Å². The van der Waals surface area contributed by atoms with Crippen LogP contribution >= 0.6 is 0 Å². The van der Waals surface area contributed by atoms with Crippen molar-refractivity contribution in [1.82, 2.24) is 10.2 Å². The van der Waals surface area contributed by atoms with Crippen molar-refractivity contribution < 1.29 is 27.5 Å². The fourth-order valence-corrected chi connectivity index (χ4v) is 5.52. The predicted octanol–water partition coefficient (Wildman–Crippen LogP) is 4.15. The van der Waals surface area contributed by atoms with Crippen LogP contribution < -0.4 is 19.1 Å². The number of benzene rings is 3. The van der Waals surface area contributed by atoms with Gasteiger partial charge >= 0.3 is 0 Å². The number of amides is 2. The van der Waals surface area contributed by atoms with Crippen molar-refractivity contribution in [3.8, 4) is 11.5 Å². The summed E-state index contributed by atoms with van der Waals surface area (Å²) in [7, 11) is -1.25. The molecule has 0 aliphatic rings. The molecule has 0 radical (unpaired) electrons. The number of nitrogens with zero attached hydrogens (tertiary/aromatic N) is 2. The lowest BCUT2D eigenvalue weighted by Gasteiger charge is -2.32. The van der Waals surface area contributed by atoms with Crippen molar-refractivity contribution >= 4 is 27.5 Å². The Morgan fingerprint density at radius 3 is 2.17 bits per heavy atom. The number of aryl methyl sites for hydroxylation is 1. The second kappa shape index (κ2) is 13.8. The lowest BCUT2D eigenvalue weighted by molar-refractivity contribution is -0.139. The second-order valence-electron chi connectivity index (χ2n) is 9.34. The van der Waals surface area contributed by atoms with Gasteiger partial charge in [0.2, 0.25) is 11.8 Å². The average molecular weight is 568 g/mol. The number of hydrogen-bond acceptors (Lipinski definition) is 6. The Labute approximate surface area is 236 Å². The zero-order valence-corrected chi connectivity index (χ0v) is 24.4. The first-order valence-corrected chi connectivity index (χ1v) is 14.5. The van der Waals surface area contributed by atoms with Gasteiger partial charge in [0.15, 0.2) is 11.5 Å². The molecule has 9 nitrogen and oxygen atoms in total. The van der Waals surface area contributed by atoms with E-state index in [0.29, 0.717) is 18.0 Å². The van der Waals surface area contributed by atoms with Gasteiger partial charge in [0, 0.05) is 19.2 Å². The van der Waals surface area contributed by atoms with Crippen LogP contribution in [0.2, 0.25) is 0 Å². The summed E-state index contributed by atoms with van der Waals surface area (Å²) in [5.74, 6) is -0.124. The molecule has 0 heterocycles. The highest BCUT2D eigenvalue weighted by Crippen LogP contribution is 2.34. The van der Waals surface area contributed by atoms with Crippen molar-refractivity contribution in [1.29, 1.82) is 0 Å². The van der Waals surface area contributed by atoms with Crippen LogP contribution in [0.1, 0.15) is 31.4 Å². The van der Waals surface area contributed by atoms with E-state index in [9.17, 15) is 18.0 Å². The van der Waals surface area contributed by atoms with Crippen LogP contribution in [0.4, 0.5) is 5.69 Å². The van der Waals surface area contributed by atoms with E-state index in [1.165, 1.54) is 37.3 Å². The number of ether oxygens (including phenoxy) is 2. The molecule has 0 saturated carbocycles. The van der Waals surface area contributed by atoms with Crippen LogP contribution in [0.25, 0.3) is 0 Å². The van der Waals surface area contributed by atoms with Crippen LogP contribution in [0, 0.1) is 6.92 Å². The molecule has 0 aliphatic carbocycles. The first kappa shape index (κ1) is 30.5. The van der Waals surface area contributed by atoms with Crippen molar-refractivity contribution in [2.24, 2.45) is 0 Å². The topological polar surface area (TPSA) is 105 Å². The molecule has 214 valence electrons. The SMILES string of the molecule is CCCNC(=O)[C@H](C)N(Cc1ccc(C)cc1)C(=O)CN(c1ccc(OC)c(OC)c1)S(=O)(=O)c1ccccc1. The molecule has 0 fully saturated rings. The molecular formula is C30H37N3O6S. The highest BCUT2D eigenvalue weighted by atomic mass is 32.2. The first-order chi connectivity index (χ1) is 19.1. The third kappa shape index (κ3) is 7.32. The number of anilines is 1. The van der Waals surface area contributed by atoms with Gasteiger partial charge in [0.1, 0.15) is 12.6 Å². The van der Waals surface area contributed by atoms with E-state index in [0.717, 1.165) is 21.9 Å². The Balaban J connectivity index is 2.06. The summed E-state index contributed by atoms with van der Waals surface area (Å²) in [6.07, 6.45) is 0.743. The second-order valence-corrected chi connectivity index (χ2v) is 11.2. The molecule has 0 bridgehead atoms. The number of sulfonamides is 1. The summed E-state index contributed by atoms with van der Waals surface area (Å²) in [6.45, 7) is 5.60. The molecule has 0 saturated heterocycles. The number of carbonyl (C=O) groups is 2. The van der Waals surface area contributed by atoms with Gasteiger partial charge in [-0.15, -0.1) is 0 Å². The van der Waals surface area contributed by atoms with E-state index in [1.54, 1.807) is 37.3 Å². The molecule has 3 aromatic rings. The third-order valence-corrected chi connectivity index (χ3v) is 8.24. The normalized spacial score (nSPS) is 11.8. The fourth-order valence-electron chi connectivity index (χ4n) is 4.10. The summed E-state index contributed by atoms with van der Waals surface area (Å²) in [4.78, 5) is 28.3. The maximum Gasteiger partial charge on any atom is 0.264 e. The standard InChI is InChI=1S/C30H37N3O6S/c1-6-18-31-30(35)23(3)32(20-24-14-12-22(2)13-15-24)29(34)21-33(40(36,37)26-10-8-7-9-11-26)25-16-17-27(38-4)28(19-25)39-5/h7-17,19,23H,6,18,20-21H2,1-5H3,(H,31,35)/t23-/m0/s1. The summed E-state index contributed by atoms with van der Waals surface area (Å²) in [5, 5.41) is 2.84. The van der Waals surface area contributed by atoms with Crippen molar-refractivity contribution in [3.05, 3.63) is 83.9 Å². The summed E-state index contributed by atoms with van der Waals surface area (Å²) in [5.41, 5.74) is 2.09. The molecule has 3 rings (SSSR count). The quantitative estimate of drug-likeness (QED) is 0.333. The van der Waals surface area contributed by atoms with Gasteiger partial charge in [-0.3, -0.25) is 13.9 Å². The van der Waals surface area contributed by atoms with Gasteiger partial charge in [-0.2, -0.15) is 0 Å². The third-order valence-electron chi connectivity index (χ3n) is 6.46. The molecular weight excluding hydrogens is 530 g/mol. The molecule has 3 aromatic carbocycles. The number of nitrogens with one attached hydrogen (secondary N) is 1. The molecule has 1 N–H and O–H groups in total. The monoisotopic (exact) mass is 567 g/mol. The molecule has 10 heteroatoms. The maximum atomic E-state index is 14.0. The van der Waals surface area contributed by atoms with Crippen LogP contribution in [0.3, 0.4) is 0 Å². The number of carbonyl (C=O) groups excluding carboxylic acids is 2. The Hall–Kier alpha value is -4.05. The molecule has 1 atom stereocenters. The number of hydrogen-bond donors (Lipinski definition) is 1. The highest BCUT2D eigenvalue weighted by molar-refractivity contribution is 7.92. The van der Waals surface area contributed by atoms with Gasteiger partial charge in [0.25, 0.3) is 10.0 Å². The summed E-state index contributed by atoms with van der Waals surface area (Å²) < 4.78 is 39.5. The van der Waals surface area contributed by atoms with E-state index < -0.39 is 28.5 Å². The molecule has 0 spiro atoms. The molecule has 40 heavy (non-hydrogen) atoms. The largest absolute Gasteiger partial charge is 0.493 e. The van der Waals surface area contributed by atoms with E-state index in [2.05, 4.69) is 5.32 Å². The van der Waals surface area contributed by atoms with Crippen molar-refractivity contribution in [2.45, 2.75) is 44.7 Å². The van der Waals surface area contributed by atoms with Crippen LogP contribution in [-0.4, -0.2) is 58.5 Å². The smallest absolute Gasteiger partial charge is 0.264 e. The molecule has 0 unspecified atom stereocenters. The fraction of sp³-hybridized carbons (Fsp3) is 0.333. The Bertz CT molecular complexity index is 1390. The van der Waals surface area contributed by atoms with Gasteiger partial charge in [-0.1, -0.05) is 55.0 Å². The van der Waals surface area contributed by atoms with Gasteiger partial charge < -0.3 is 19.7 Å².